The minimum absolute atomic E-state index is 0. The van der Waals surface area contributed by atoms with Gasteiger partial charge in [0.05, 0.1) is 42.9 Å². The zero-order chi connectivity index (χ0) is 74.2. The molecule has 0 aliphatic heterocycles. The summed E-state index contributed by atoms with van der Waals surface area (Å²) in [4.78, 5) is 67.9. The number of aldehydes is 2. The molecule has 557 valence electrons. The molecule has 0 aromatic heterocycles. The Balaban J connectivity index is -0.000000221. The molecule has 0 saturated carbocycles. The summed E-state index contributed by atoms with van der Waals surface area (Å²) < 4.78 is 80.5. The van der Waals surface area contributed by atoms with Gasteiger partial charge in [0.1, 0.15) is 45.4 Å². The first-order chi connectivity index (χ1) is 44.3. The molecule has 3 radical (unpaired) electrons. The average Bonchev–Trinajstić information content (AvgIpc) is 0.853. The van der Waals surface area contributed by atoms with E-state index in [1.807, 2.05) is 32.9 Å². The van der Waals surface area contributed by atoms with Crippen LogP contribution in [0.15, 0.2) is 78.9 Å². The van der Waals surface area contributed by atoms with Gasteiger partial charge in [0.2, 0.25) is 0 Å². The number of hydrogen-bond acceptors (Lipinski definition) is 22. The van der Waals surface area contributed by atoms with Gasteiger partial charge in [0.25, 0.3) is 6.72 Å². The molecule has 100 heavy (non-hydrogen) atoms. The first kappa shape index (κ1) is 107. The summed E-state index contributed by atoms with van der Waals surface area (Å²) >= 11 is 14.7. The van der Waals surface area contributed by atoms with E-state index in [2.05, 4.69) is 25.8 Å². The Labute approximate surface area is 653 Å². The van der Waals surface area contributed by atoms with Crippen molar-refractivity contribution in [2.75, 3.05) is 71.3 Å². The Morgan fingerprint density at radius 1 is 0.490 bits per heavy atom. The van der Waals surface area contributed by atoms with Crippen LogP contribution in [0.5, 0.6) is 23.0 Å². The summed E-state index contributed by atoms with van der Waals surface area (Å²) in [5.41, 5.74) is 2.58. The Morgan fingerprint density at radius 2 is 0.780 bits per heavy atom. The van der Waals surface area contributed by atoms with Gasteiger partial charge in [0, 0.05) is 60.1 Å². The summed E-state index contributed by atoms with van der Waals surface area (Å²) in [6.07, 6.45) is 1.71. The number of aliphatic hydroxyl groups is 1. The topological polar surface area (TPSA) is 376 Å². The van der Waals surface area contributed by atoms with Crippen LogP contribution < -0.4 is 89.4 Å². The van der Waals surface area contributed by atoms with Gasteiger partial charge < -0.3 is 85.1 Å². The molecule has 8 N–H and O–H groups in total. The van der Waals surface area contributed by atoms with Crippen LogP contribution in [-0.4, -0.2) is 160 Å². The SMILES string of the molecule is CC(C)(C)OC(=O)NCCc1ccc(O)c(C=O)c1.CC(C)(C)OC(=O)NCCc1ccc(O)cc1.CCOP(C)(=O)Cl.CCOP(C)(=O)Oc1ccc(CCNC(=O)OC(C)(C)C)cc1C=O.CCOP(C)(=O)Oc1ccc(CCNC(=O)OC(C)(C)C)cc1CO.ClCCl.[B].[H-].[Na+].[Na+].[OH-]. The molecular formula is C65H104BCl3N4Na2O22P3. The van der Waals surface area contributed by atoms with E-state index in [-0.39, 0.29) is 128 Å². The predicted molar refractivity (Wildman–Crippen MR) is 386 cm³/mol. The van der Waals surface area contributed by atoms with Crippen LogP contribution >= 0.6 is 56.4 Å². The van der Waals surface area contributed by atoms with Gasteiger partial charge in [-0.25, -0.2) is 28.3 Å². The minimum atomic E-state index is -3.26. The smallest absolute Gasteiger partial charge is 1.00 e. The maximum absolute atomic E-state index is 12.1. The van der Waals surface area contributed by atoms with Gasteiger partial charge in [-0.1, -0.05) is 30.3 Å². The molecule has 26 nitrogen and oxygen atoms in total. The first-order valence-electron chi connectivity index (χ1n) is 30.4. The number of phenols is 2. The molecule has 0 bridgehead atoms. The average molecular weight is 1550 g/mol. The molecule has 4 amide bonds. The number of carbonyl (C=O) groups excluding carboxylic acids is 6. The third-order valence-electron chi connectivity index (χ3n) is 10.6. The van der Waals surface area contributed by atoms with Gasteiger partial charge in [-0.05, 0) is 212 Å². The van der Waals surface area contributed by atoms with Gasteiger partial charge in [-0.2, -0.15) is 0 Å². The van der Waals surface area contributed by atoms with E-state index < -0.39 is 68.7 Å². The van der Waals surface area contributed by atoms with Crippen molar-refractivity contribution >= 4 is 102 Å². The van der Waals surface area contributed by atoms with E-state index in [9.17, 15) is 52.7 Å². The fourth-order valence-corrected chi connectivity index (χ4v) is 9.90. The number of benzene rings is 4. The normalized spacial score (nSPS) is 12.3. The number of carbonyl (C=O) groups is 6. The van der Waals surface area contributed by atoms with Crippen molar-refractivity contribution in [3.05, 3.63) is 118 Å². The van der Waals surface area contributed by atoms with Crippen LogP contribution in [0, 0.1) is 0 Å². The molecule has 35 heteroatoms. The summed E-state index contributed by atoms with van der Waals surface area (Å²) in [5, 5.41) is 38.8. The van der Waals surface area contributed by atoms with Crippen molar-refractivity contribution in [1.82, 2.24) is 21.3 Å². The van der Waals surface area contributed by atoms with Crippen molar-refractivity contribution in [3.8, 4) is 23.0 Å². The van der Waals surface area contributed by atoms with E-state index in [0.717, 1.165) is 22.3 Å². The van der Waals surface area contributed by atoms with E-state index in [1.165, 1.54) is 26.1 Å². The van der Waals surface area contributed by atoms with Crippen LogP contribution in [-0.2, 0) is 78.5 Å². The second kappa shape index (κ2) is 54.5. The zero-order valence-corrected chi connectivity index (χ0v) is 70.5. The Hall–Kier alpha value is -4.08. The Morgan fingerprint density at radius 3 is 1.08 bits per heavy atom. The molecule has 3 unspecified atom stereocenters. The molecule has 4 aromatic carbocycles. The van der Waals surface area contributed by atoms with Gasteiger partial charge in [-0.15, -0.1) is 23.2 Å². The van der Waals surface area contributed by atoms with Crippen molar-refractivity contribution in [2.45, 2.75) is 159 Å². The Bertz CT molecular complexity index is 3160. The second-order valence-corrected chi connectivity index (χ2v) is 32.7. The van der Waals surface area contributed by atoms with Crippen LogP contribution in [0.25, 0.3) is 0 Å². The summed E-state index contributed by atoms with van der Waals surface area (Å²) in [6, 6.07) is 21.8. The molecule has 4 aromatic rings. The molecular weight excluding hydrogens is 1440 g/mol. The van der Waals surface area contributed by atoms with E-state index >= 15 is 0 Å². The molecule has 0 fully saturated rings. The van der Waals surface area contributed by atoms with Gasteiger partial charge in [-0.3, -0.25) is 14.2 Å². The van der Waals surface area contributed by atoms with Crippen molar-refractivity contribution in [3.63, 3.8) is 0 Å². The summed E-state index contributed by atoms with van der Waals surface area (Å²) in [6.45, 7) is 30.6. The van der Waals surface area contributed by atoms with Crippen LogP contribution in [0.4, 0.5) is 19.2 Å². The quantitative estimate of drug-likeness (QED) is 0.0107. The van der Waals surface area contributed by atoms with E-state index in [4.69, 9.17) is 76.6 Å². The molecule has 0 saturated heterocycles. The molecule has 0 spiro atoms. The molecule has 4 rings (SSSR count). The summed E-state index contributed by atoms with van der Waals surface area (Å²) in [5.74, 6) is 0.733. The number of alkyl halides is 2. The third kappa shape index (κ3) is 59.3. The third-order valence-corrected chi connectivity index (χ3v) is 14.1. The maximum Gasteiger partial charge on any atom is 1.00 e. The number of alkyl carbamates (subject to hydrolysis) is 4. The van der Waals surface area contributed by atoms with Crippen molar-refractivity contribution in [1.29, 1.82) is 0 Å². The number of hydrogen-bond donors (Lipinski definition) is 7. The minimum Gasteiger partial charge on any atom is -1.00 e. The largest absolute Gasteiger partial charge is 1.00 e. The van der Waals surface area contributed by atoms with Crippen LogP contribution in [0.1, 0.15) is 154 Å². The van der Waals surface area contributed by atoms with Crippen LogP contribution in [0.3, 0.4) is 0 Å². The first-order valence-corrected chi connectivity index (χ1v) is 38.4. The molecule has 0 aliphatic carbocycles. The van der Waals surface area contributed by atoms with E-state index in [0.29, 0.717) is 82.4 Å². The van der Waals surface area contributed by atoms with Gasteiger partial charge >= 0.3 is 98.7 Å². The summed E-state index contributed by atoms with van der Waals surface area (Å²) in [7, 11) is -6.47. The van der Waals surface area contributed by atoms with Crippen molar-refractivity contribution in [2.24, 2.45) is 0 Å². The number of amides is 4. The molecule has 0 aliphatic rings. The predicted octanol–water partition coefficient (Wildman–Crippen LogP) is 9.09. The van der Waals surface area contributed by atoms with Crippen molar-refractivity contribution < 1.29 is 165 Å². The zero-order valence-electron chi connectivity index (χ0n) is 62.5. The fourth-order valence-electron chi connectivity index (χ4n) is 7.05. The van der Waals surface area contributed by atoms with E-state index in [1.54, 1.807) is 144 Å². The number of ether oxygens (including phenoxy) is 4. The fraction of sp³-hybridized carbons (Fsp3) is 0.538. The van der Waals surface area contributed by atoms with Gasteiger partial charge in [0.15, 0.2) is 12.6 Å². The molecule has 3 atom stereocenters. The number of aliphatic hydroxyl groups excluding tert-OH is 1. The number of nitrogens with one attached hydrogen (secondary N) is 4. The van der Waals surface area contributed by atoms with Crippen LogP contribution in [0.2, 0.25) is 0 Å². The standard InChI is InChI=1S/C17H28NO6P.C17H26NO6P.C14H19NO4.C13H19NO3.C3H8ClO2P.CH2Cl2.B.2Na.H2O.H/c2*1-6-22-25(5,21)24-15-8-7-13(11-14(15)12-19)9-10-18-16(20)23-17(2,3)4;1-14(2,3)19-13(18)15-7-6-10-4-5-12(17)11(8-10)9-16;1-13(2,3)17-12(16)14-9-8-10-4-6-11(15)7-5-10;1-3-6-7(2,4)5;2-1-3;;;;;/h7-8,11,19H,6,9-10,12H2,1-5H3,(H,18,20);7-8,11-12H,6,9-10H2,1-5H3,(H,18,20);4-5,8-9,17H,6-7H2,1-3H3,(H,15,18);4-7,15H,8-9H2,1-3H3,(H,14,16);3H2,1-2H3;1H2;;;;1H2;/q;;;;;;;2*+1;;-1/p-1. The number of halogens is 3. The molecule has 0 heterocycles. The number of aromatic hydroxyl groups is 2. The number of rotatable bonds is 25. The second-order valence-electron chi connectivity index (χ2n) is 24.3. The monoisotopic (exact) mass is 1550 g/mol. The maximum atomic E-state index is 12.1. The number of phenolic OH excluding ortho intramolecular Hbond substituents is 2. The Kier molecular flexibility index (Phi) is 58.3.